The SMILES string of the molecule is CC(=O)N1c2ccccc2[C@@]23CCN4CCC[C@]5(CCOC452)CC[C@@H]13. The average molecular weight is 338 g/mol. The molecule has 4 atom stereocenters. The van der Waals surface area contributed by atoms with Crippen molar-refractivity contribution in [2.24, 2.45) is 5.41 Å². The molecular weight excluding hydrogens is 312 g/mol. The molecule has 4 fully saturated rings. The Kier molecular flexibility index (Phi) is 2.64. The second kappa shape index (κ2) is 4.47. The van der Waals surface area contributed by atoms with Gasteiger partial charge in [0.05, 0.1) is 11.5 Å². The van der Waals surface area contributed by atoms with Crippen molar-refractivity contribution in [1.82, 2.24) is 4.90 Å². The number of benzene rings is 1. The molecular formula is C21H26N2O2. The van der Waals surface area contributed by atoms with Crippen LogP contribution in [0.1, 0.15) is 51.0 Å². The van der Waals surface area contributed by atoms with Crippen LogP contribution in [-0.2, 0) is 14.9 Å². The van der Waals surface area contributed by atoms with Crippen LogP contribution < -0.4 is 4.90 Å². The Morgan fingerprint density at radius 3 is 2.92 bits per heavy atom. The van der Waals surface area contributed by atoms with Gasteiger partial charge in [-0.1, -0.05) is 18.2 Å². The molecule has 3 saturated heterocycles. The third-order valence-electron chi connectivity index (χ3n) is 8.28. The molecule has 6 rings (SSSR count). The third kappa shape index (κ3) is 1.34. The van der Waals surface area contributed by atoms with Crippen molar-refractivity contribution in [3.05, 3.63) is 29.8 Å². The summed E-state index contributed by atoms with van der Waals surface area (Å²) in [5.41, 5.74) is 2.60. The van der Waals surface area contributed by atoms with E-state index in [0.29, 0.717) is 0 Å². The van der Waals surface area contributed by atoms with Crippen LogP contribution in [0.4, 0.5) is 5.69 Å². The van der Waals surface area contributed by atoms with Crippen molar-refractivity contribution < 1.29 is 9.53 Å². The topological polar surface area (TPSA) is 32.8 Å². The summed E-state index contributed by atoms with van der Waals surface area (Å²) < 4.78 is 6.80. The summed E-state index contributed by atoms with van der Waals surface area (Å²) in [5.74, 6) is 0.186. The summed E-state index contributed by atoms with van der Waals surface area (Å²) in [6.45, 7) is 4.88. The lowest BCUT2D eigenvalue weighted by molar-refractivity contribution is -0.232. The summed E-state index contributed by atoms with van der Waals surface area (Å²) >= 11 is 0. The van der Waals surface area contributed by atoms with E-state index < -0.39 is 0 Å². The summed E-state index contributed by atoms with van der Waals surface area (Å²) in [4.78, 5) is 17.5. The van der Waals surface area contributed by atoms with Crippen molar-refractivity contribution >= 4 is 11.6 Å². The highest BCUT2D eigenvalue weighted by atomic mass is 16.5. The fourth-order valence-corrected chi connectivity index (χ4v) is 7.77. The van der Waals surface area contributed by atoms with Gasteiger partial charge < -0.3 is 9.64 Å². The van der Waals surface area contributed by atoms with E-state index >= 15 is 0 Å². The van der Waals surface area contributed by atoms with E-state index in [1.54, 1.807) is 6.92 Å². The lowest BCUT2D eigenvalue weighted by Crippen LogP contribution is -2.73. The molecule has 25 heavy (non-hydrogen) atoms. The fourth-order valence-electron chi connectivity index (χ4n) is 7.77. The smallest absolute Gasteiger partial charge is 0.224 e. The molecule has 5 aliphatic rings. The maximum Gasteiger partial charge on any atom is 0.224 e. The number of hydrogen-bond acceptors (Lipinski definition) is 3. The summed E-state index contributed by atoms with van der Waals surface area (Å²) in [7, 11) is 0. The van der Waals surface area contributed by atoms with Gasteiger partial charge in [-0.2, -0.15) is 0 Å². The van der Waals surface area contributed by atoms with E-state index in [0.717, 1.165) is 38.2 Å². The minimum absolute atomic E-state index is 0.0373. The average Bonchev–Trinajstić information content (AvgIpc) is 3.25. The molecule has 2 spiro atoms. The van der Waals surface area contributed by atoms with Crippen LogP contribution in [0.5, 0.6) is 0 Å². The van der Waals surface area contributed by atoms with Crippen molar-refractivity contribution in [2.75, 3.05) is 24.6 Å². The predicted octanol–water partition coefficient (Wildman–Crippen LogP) is 3.06. The van der Waals surface area contributed by atoms with Crippen LogP contribution in [0.25, 0.3) is 0 Å². The normalized spacial score (nSPS) is 44.2. The zero-order valence-corrected chi connectivity index (χ0v) is 15.0. The summed E-state index contributed by atoms with van der Waals surface area (Å²) in [6.07, 6.45) is 7.23. The Bertz CT molecular complexity index is 779. The standard InChI is InChI=1S/C21H26N2O2/c1-15(24)23-17-6-3-2-5-16(17)20-10-13-22-12-4-8-19(9-7-18(20)23)11-14-25-21(19,20)22/h2-3,5-6,18H,4,7-14H2,1H3/t18-,19-,20-,21?/m1/s1. The molecule has 1 aromatic carbocycles. The zero-order chi connectivity index (χ0) is 16.9. The number of carbonyl (C=O) groups excluding carboxylic acids is 1. The van der Waals surface area contributed by atoms with Crippen LogP contribution in [0, 0.1) is 5.41 Å². The first-order valence-electron chi connectivity index (χ1n) is 9.95. The van der Waals surface area contributed by atoms with E-state index in [-0.39, 0.29) is 28.5 Å². The van der Waals surface area contributed by atoms with E-state index in [1.807, 2.05) is 0 Å². The van der Waals surface area contributed by atoms with Crippen molar-refractivity contribution in [2.45, 2.75) is 62.6 Å². The largest absolute Gasteiger partial charge is 0.359 e. The first-order valence-corrected chi connectivity index (χ1v) is 9.95. The van der Waals surface area contributed by atoms with Crippen LogP contribution in [-0.4, -0.2) is 42.3 Å². The molecule has 132 valence electrons. The molecule has 1 aliphatic carbocycles. The maximum absolute atomic E-state index is 12.7. The molecule has 0 N–H and O–H groups in total. The molecule has 0 aromatic heterocycles. The van der Waals surface area contributed by atoms with E-state index in [1.165, 1.54) is 31.2 Å². The molecule has 4 heteroatoms. The first-order chi connectivity index (χ1) is 12.2. The van der Waals surface area contributed by atoms with E-state index in [9.17, 15) is 4.79 Å². The van der Waals surface area contributed by atoms with Gasteiger partial charge in [0, 0.05) is 37.7 Å². The number of nitrogens with zero attached hydrogens (tertiary/aromatic N) is 2. The van der Waals surface area contributed by atoms with Gasteiger partial charge in [-0.3, -0.25) is 9.69 Å². The lowest BCUT2D eigenvalue weighted by Gasteiger charge is -2.62. The van der Waals surface area contributed by atoms with Crippen molar-refractivity contribution in [3.8, 4) is 0 Å². The number of ether oxygens (including phenoxy) is 1. The Morgan fingerprint density at radius 2 is 2.04 bits per heavy atom. The number of piperidine rings is 1. The maximum atomic E-state index is 12.7. The summed E-state index contributed by atoms with van der Waals surface area (Å²) in [6, 6.07) is 8.94. The van der Waals surface area contributed by atoms with Gasteiger partial charge in [-0.05, 0) is 50.2 Å². The van der Waals surface area contributed by atoms with Crippen LogP contribution in [0.15, 0.2) is 24.3 Å². The highest BCUT2D eigenvalue weighted by molar-refractivity contribution is 5.96. The third-order valence-corrected chi connectivity index (χ3v) is 8.28. The van der Waals surface area contributed by atoms with Crippen molar-refractivity contribution in [1.29, 1.82) is 0 Å². The molecule has 0 radical (unpaired) electrons. The first kappa shape index (κ1) is 14.7. The number of rotatable bonds is 0. The highest BCUT2D eigenvalue weighted by Crippen LogP contribution is 2.73. The number of anilines is 1. The number of carbonyl (C=O) groups is 1. The Labute approximate surface area is 149 Å². The Hall–Kier alpha value is -1.39. The van der Waals surface area contributed by atoms with Gasteiger partial charge in [0.2, 0.25) is 5.91 Å². The van der Waals surface area contributed by atoms with Crippen LogP contribution in [0.3, 0.4) is 0 Å². The van der Waals surface area contributed by atoms with Gasteiger partial charge in [0.15, 0.2) is 0 Å². The fraction of sp³-hybridized carbons (Fsp3) is 0.667. The van der Waals surface area contributed by atoms with Gasteiger partial charge in [-0.15, -0.1) is 0 Å². The van der Waals surface area contributed by atoms with Crippen LogP contribution >= 0.6 is 0 Å². The quantitative estimate of drug-likeness (QED) is 0.729. The molecule has 1 amide bonds. The van der Waals surface area contributed by atoms with E-state index in [4.69, 9.17) is 4.74 Å². The molecule has 1 aromatic rings. The molecule has 4 nitrogen and oxygen atoms in total. The number of amides is 1. The predicted molar refractivity (Wildman–Crippen MR) is 95.5 cm³/mol. The minimum atomic E-state index is -0.179. The van der Waals surface area contributed by atoms with Gasteiger partial charge in [0.25, 0.3) is 0 Å². The minimum Gasteiger partial charge on any atom is -0.359 e. The molecule has 4 aliphatic heterocycles. The monoisotopic (exact) mass is 338 g/mol. The van der Waals surface area contributed by atoms with Crippen LogP contribution in [0.2, 0.25) is 0 Å². The molecule has 4 heterocycles. The second-order valence-electron chi connectivity index (χ2n) is 8.80. The van der Waals surface area contributed by atoms with Gasteiger partial charge >= 0.3 is 0 Å². The Morgan fingerprint density at radius 1 is 1.16 bits per heavy atom. The van der Waals surface area contributed by atoms with Crippen molar-refractivity contribution in [3.63, 3.8) is 0 Å². The van der Waals surface area contributed by atoms with Gasteiger partial charge in [0.1, 0.15) is 5.72 Å². The molecule has 0 bridgehead atoms. The summed E-state index contributed by atoms with van der Waals surface area (Å²) in [5, 5.41) is 0. The second-order valence-corrected chi connectivity index (χ2v) is 8.80. The zero-order valence-electron chi connectivity index (χ0n) is 15.0. The lowest BCUT2D eigenvalue weighted by atomic mass is 9.50. The van der Waals surface area contributed by atoms with Gasteiger partial charge in [-0.25, -0.2) is 0 Å². The highest BCUT2D eigenvalue weighted by Gasteiger charge is 2.79. The molecule has 1 saturated carbocycles. The number of fused-ring (bicyclic) bond motifs is 1. The molecule has 1 unspecified atom stereocenters. The number of para-hydroxylation sites is 1. The Balaban J connectivity index is 1.67. The van der Waals surface area contributed by atoms with E-state index in [2.05, 4.69) is 34.1 Å². The number of hydrogen-bond donors (Lipinski definition) is 0.